The molecular weight excluding hydrogens is 216 g/mol. The van der Waals surface area contributed by atoms with Crippen LogP contribution in [0.3, 0.4) is 0 Å². The summed E-state index contributed by atoms with van der Waals surface area (Å²) in [6, 6.07) is 0. The van der Waals surface area contributed by atoms with Crippen molar-refractivity contribution in [3.8, 4) is 0 Å². The molecule has 0 fully saturated rings. The lowest BCUT2D eigenvalue weighted by atomic mass is 9.77. The first kappa shape index (κ1) is 16.6. The summed E-state index contributed by atoms with van der Waals surface area (Å²) in [7, 11) is 1.63. The van der Waals surface area contributed by atoms with Crippen LogP contribution in [-0.2, 0) is 4.74 Å². The number of ether oxygens (including phenoxy) is 1. The largest absolute Gasteiger partial charge is 0.393 e. The van der Waals surface area contributed by atoms with Gasteiger partial charge >= 0.3 is 0 Å². The molecule has 0 aliphatic heterocycles. The van der Waals surface area contributed by atoms with Gasteiger partial charge in [-0.1, -0.05) is 26.8 Å². The molecule has 0 spiro atoms. The SMILES string of the molecule is COC/C(=C/[C@H](CCC(C)O)C(C)(C)C)CO. The number of hydrogen-bond acceptors (Lipinski definition) is 3. The Hall–Kier alpha value is -0.380. The number of allylic oxidation sites excluding steroid dienone is 1. The molecule has 0 heterocycles. The number of methoxy groups -OCH3 is 1. The van der Waals surface area contributed by atoms with Crippen molar-refractivity contribution in [1.82, 2.24) is 0 Å². The third kappa shape index (κ3) is 7.53. The summed E-state index contributed by atoms with van der Waals surface area (Å²) in [5.41, 5.74) is 1.04. The third-order valence-electron chi connectivity index (χ3n) is 2.98. The molecule has 3 heteroatoms. The van der Waals surface area contributed by atoms with E-state index in [4.69, 9.17) is 4.74 Å². The average molecular weight is 244 g/mol. The Morgan fingerprint density at radius 3 is 2.24 bits per heavy atom. The van der Waals surface area contributed by atoms with Gasteiger partial charge in [0.05, 0.1) is 19.3 Å². The van der Waals surface area contributed by atoms with E-state index in [2.05, 4.69) is 26.8 Å². The molecule has 0 bridgehead atoms. The summed E-state index contributed by atoms with van der Waals surface area (Å²) in [4.78, 5) is 0. The fourth-order valence-corrected chi connectivity index (χ4v) is 1.80. The molecule has 17 heavy (non-hydrogen) atoms. The van der Waals surface area contributed by atoms with E-state index in [9.17, 15) is 10.2 Å². The lowest BCUT2D eigenvalue weighted by Crippen LogP contribution is -2.21. The summed E-state index contributed by atoms with van der Waals surface area (Å²) < 4.78 is 5.06. The maximum atomic E-state index is 9.37. The van der Waals surface area contributed by atoms with Crippen molar-refractivity contribution >= 4 is 0 Å². The molecule has 0 radical (unpaired) electrons. The molecule has 0 aromatic carbocycles. The summed E-state index contributed by atoms with van der Waals surface area (Å²) in [5.74, 6) is 0.342. The second-order valence-electron chi connectivity index (χ2n) is 5.81. The van der Waals surface area contributed by atoms with E-state index in [1.165, 1.54) is 0 Å². The highest BCUT2D eigenvalue weighted by Gasteiger charge is 2.23. The lowest BCUT2D eigenvalue weighted by molar-refractivity contribution is 0.160. The van der Waals surface area contributed by atoms with Crippen LogP contribution in [0.5, 0.6) is 0 Å². The number of hydrogen-bond donors (Lipinski definition) is 2. The van der Waals surface area contributed by atoms with Crippen LogP contribution in [0.4, 0.5) is 0 Å². The maximum Gasteiger partial charge on any atom is 0.0695 e. The second kappa shape index (κ2) is 7.85. The van der Waals surface area contributed by atoms with Crippen LogP contribution >= 0.6 is 0 Å². The van der Waals surface area contributed by atoms with Crippen molar-refractivity contribution in [2.24, 2.45) is 11.3 Å². The van der Waals surface area contributed by atoms with E-state index in [0.29, 0.717) is 12.5 Å². The Kier molecular flexibility index (Phi) is 7.68. The predicted octanol–water partition coefficient (Wildman–Crippen LogP) is 2.37. The summed E-state index contributed by atoms with van der Waals surface area (Å²) in [5, 5.41) is 18.6. The maximum absolute atomic E-state index is 9.37. The van der Waals surface area contributed by atoms with Gasteiger partial charge < -0.3 is 14.9 Å². The van der Waals surface area contributed by atoms with Crippen LogP contribution in [-0.4, -0.2) is 36.6 Å². The van der Waals surface area contributed by atoms with E-state index in [-0.39, 0.29) is 18.1 Å². The van der Waals surface area contributed by atoms with Gasteiger partial charge in [-0.2, -0.15) is 0 Å². The van der Waals surface area contributed by atoms with Crippen LogP contribution in [0, 0.1) is 11.3 Å². The van der Waals surface area contributed by atoms with Gasteiger partial charge in [-0.25, -0.2) is 0 Å². The molecule has 2 atom stereocenters. The van der Waals surface area contributed by atoms with Crippen molar-refractivity contribution in [2.75, 3.05) is 20.3 Å². The minimum Gasteiger partial charge on any atom is -0.393 e. The zero-order valence-corrected chi connectivity index (χ0v) is 11.9. The molecule has 3 nitrogen and oxygen atoms in total. The monoisotopic (exact) mass is 244 g/mol. The van der Waals surface area contributed by atoms with Crippen molar-refractivity contribution < 1.29 is 14.9 Å². The first-order valence-corrected chi connectivity index (χ1v) is 6.28. The van der Waals surface area contributed by atoms with Crippen molar-refractivity contribution in [3.05, 3.63) is 11.6 Å². The molecular formula is C14H28O3. The van der Waals surface area contributed by atoms with Gasteiger partial charge in [0.15, 0.2) is 0 Å². The normalized spacial score (nSPS) is 17.0. The van der Waals surface area contributed by atoms with Crippen LogP contribution in [0.25, 0.3) is 0 Å². The Balaban J connectivity index is 4.67. The summed E-state index contributed by atoms with van der Waals surface area (Å²) in [6.45, 7) is 8.85. The molecule has 2 N–H and O–H groups in total. The Bertz CT molecular complexity index is 226. The molecule has 0 saturated carbocycles. The van der Waals surface area contributed by atoms with E-state index in [1.807, 2.05) is 6.92 Å². The highest BCUT2D eigenvalue weighted by Crippen LogP contribution is 2.32. The molecule has 0 amide bonds. The number of aliphatic hydroxyl groups excluding tert-OH is 2. The predicted molar refractivity (Wildman–Crippen MR) is 70.9 cm³/mol. The Labute approximate surface area is 105 Å². The first-order valence-electron chi connectivity index (χ1n) is 6.28. The standard InChI is InChI=1S/C14H28O3/c1-11(16)6-7-13(14(2,3)4)8-12(9-15)10-17-5/h8,11,13,15-16H,6-7,9-10H2,1-5H3/b12-8+/t11?,13-/m0/s1. The van der Waals surface area contributed by atoms with Crippen LogP contribution in [0.2, 0.25) is 0 Å². The van der Waals surface area contributed by atoms with Gasteiger partial charge in [-0.3, -0.25) is 0 Å². The van der Waals surface area contributed by atoms with E-state index in [1.54, 1.807) is 7.11 Å². The third-order valence-corrected chi connectivity index (χ3v) is 2.98. The van der Waals surface area contributed by atoms with E-state index >= 15 is 0 Å². The fraction of sp³-hybridized carbons (Fsp3) is 0.857. The molecule has 0 aliphatic carbocycles. The van der Waals surface area contributed by atoms with Crippen molar-refractivity contribution in [1.29, 1.82) is 0 Å². The first-order chi connectivity index (χ1) is 7.81. The van der Waals surface area contributed by atoms with Gasteiger partial charge in [-0.05, 0) is 36.7 Å². The van der Waals surface area contributed by atoms with Crippen LogP contribution < -0.4 is 0 Å². The van der Waals surface area contributed by atoms with E-state index in [0.717, 1.165) is 18.4 Å². The Morgan fingerprint density at radius 2 is 1.88 bits per heavy atom. The summed E-state index contributed by atoms with van der Waals surface area (Å²) >= 11 is 0. The van der Waals surface area contributed by atoms with Crippen LogP contribution in [0.1, 0.15) is 40.5 Å². The second-order valence-corrected chi connectivity index (χ2v) is 5.81. The average Bonchev–Trinajstić information content (AvgIpc) is 2.20. The minimum atomic E-state index is -0.270. The zero-order chi connectivity index (χ0) is 13.5. The van der Waals surface area contributed by atoms with Gasteiger partial charge in [0.2, 0.25) is 0 Å². The molecule has 0 aromatic rings. The highest BCUT2D eigenvalue weighted by atomic mass is 16.5. The van der Waals surface area contributed by atoms with Crippen molar-refractivity contribution in [3.63, 3.8) is 0 Å². The molecule has 102 valence electrons. The molecule has 0 aromatic heterocycles. The topological polar surface area (TPSA) is 49.7 Å². The number of rotatable bonds is 7. The number of aliphatic hydroxyl groups is 2. The minimum absolute atomic E-state index is 0.0368. The summed E-state index contributed by atoms with van der Waals surface area (Å²) in [6.07, 6.45) is 3.54. The van der Waals surface area contributed by atoms with Crippen molar-refractivity contribution in [2.45, 2.75) is 46.6 Å². The quantitative estimate of drug-likeness (QED) is 0.676. The molecule has 0 aliphatic rings. The van der Waals surface area contributed by atoms with Gasteiger partial charge in [0.1, 0.15) is 0 Å². The highest BCUT2D eigenvalue weighted by molar-refractivity contribution is 5.07. The fourth-order valence-electron chi connectivity index (χ4n) is 1.80. The molecule has 0 rings (SSSR count). The zero-order valence-electron chi connectivity index (χ0n) is 11.9. The van der Waals surface area contributed by atoms with Crippen LogP contribution in [0.15, 0.2) is 11.6 Å². The lowest BCUT2D eigenvalue weighted by Gasteiger charge is -2.29. The molecule has 1 unspecified atom stereocenters. The van der Waals surface area contributed by atoms with E-state index < -0.39 is 0 Å². The van der Waals surface area contributed by atoms with Gasteiger partial charge in [0.25, 0.3) is 0 Å². The smallest absolute Gasteiger partial charge is 0.0695 e. The molecule has 0 saturated heterocycles. The Morgan fingerprint density at radius 1 is 1.29 bits per heavy atom. The van der Waals surface area contributed by atoms with Gasteiger partial charge in [0, 0.05) is 7.11 Å². The van der Waals surface area contributed by atoms with Gasteiger partial charge in [-0.15, -0.1) is 0 Å².